The van der Waals surface area contributed by atoms with Crippen molar-refractivity contribution in [2.75, 3.05) is 17.2 Å². The third kappa shape index (κ3) is 6.20. The number of thiocarbonyl (C=S) groups is 1. The van der Waals surface area contributed by atoms with E-state index in [1.165, 1.54) is 23.5 Å². The van der Waals surface area contributed by atoms with Gasteiger partial charge in [-0.05, 0) is 55.9 Å². The lowest BCUT2D eigenvalue weighted by atomic mass is 10.1. The van der Waals surface area contributed by atoms with E-state index < -0.39 is 10.8 Å². The average Bonchev–Trinajstić information content (AvgIpc) is 3.15. The zero-order valence-electron chi connectivity index (χ0n) is 17.8. The summed E-state index contributed by atoms with van der Waals surface area (Å²) in [5, 5.41) is 20.0. The molecule has 0 aliphatic carbocycles. The van der Waals surface area contributed by atoms with Crippen LogP contribution in [-0.4, -0.2) is 33.4 Å². The van der Waals surface area contributed by atoms with E-state index in [-0.39, 0.29) is 34.6 Å². The molecule has 0 spiro atoms. The van der Waals surface area contributed by atoms with Gasteiger partial charge in [0.25, 0.3) is 5.91 Å². The maximum absolute atomic E-state index is 12.5. The summed E-state index contributed by atoms with van der Waals surface area (Å²) in [6.07, 6.45) is 1.17. The number of carbonyl (C=O) groups is 2. The third-order valence-electron chi connectivity index (χ3n) is 4.31. The first-order valence-corrected chi connectivity index (χ1v) is 11.3. The molecule has 3 aromatic rings. The lowest BCUT2D eigenvalue weighted by Gasteiger charge is -2.10. The minimum atomic E-state index is -0.610. The molecule has 12 heteroatoms. The summed E-state index contributed by atoms with van der Waals surface area (Å²) in [6, 6.07) is 9.24. The van der Waals surface area contributed by atoms with Crippen molar-refractivity contribution in [2.24, 2.45) is 0 Å². The van der Waals surface area contributed by atoms with E-state index in [4.69, 9.17) is 17.0 Å². The number of nitrogens with one attached hydrogen (secondary N) is 3. The molecule has 0 bridgehead atoms. The van der Waals surface area contributed by atoms with Gasteiger partial charge in [0.05, 0.1) is 21.7 Å². The molecule has 0 saturated heterocycles. The van der Waals surface area contributed by atoms with Crippen molar-refractivity contribution in [3.63, 3.8) is 0 Å². The highest BCUT2D eigenvalue weighted by atomic mass is 32.1. The van der Waals surface area contributed by atoms with Crippen molar-refractivity contribution in [1.82, 2.24) is 10.3 Å². The van der Waals surface area contributed by atoms with Crippen LogP contribution in [0.1, 0.15) is 37.0 Å². The number of fused-ring (bicyclic) bond motifs is 1. The number of rotatable bonds is 8. The molecule has 10 nitrogen and oxygen atoms in total. The first-order chi connectivity index (χ1) is 15.8. The topological polar surface area (TPSA) is 135 Å². The van der Waals surface area contributed by atoms with Gasteiger partial charge in [0.1, 0.15) is 0 Å². The van der Waals surface area contributed by atoms with Crippen LogP contribution in [0.2, 0.25) is 0 Å². The molecule has 0 atom stereocenters. The number of ether oxygens (including phenoxy) is 1. The van der Waals surface area contributed by atoms with Crippen LogP contribution in [0.5, 0.6) is 5.75 Å². The molecule has 0 unspecified atom stereocenters. The fraction of sp³-hybridized carbons (Fsp3) is 0.238. The molecule has 33 heavy (non-hydrogen) atoms. The maximum Gasteiger partial charge on any atom is 0.311 e. The number of carbonyl (C=O) groups excluding carboxylic acids is 2. The Morgan fingerprint density at radius 1 is 1.18 bits per heavy atom. The van der Waals surface area contributed by atoms with Crippen molar-refractivity contribution >= 4 is 67.2 Å². The lowest BCUT2D eigenvalue weighted by molar-refractivity contribution is -0.385. The SMILES string of the molecule is CCCC(=O)Nc1nc2ccc(NC(=S)NC(=O)c3ccc(OCC)c([N+](=O)[O-])c3)cc2s1. The number of nitro groups is 1. The second-order valence-corrected chi connectivity index (χ2v) is 8.22. The van der Waals surface area contributed by atoms with Crippen LogP contribution >= 0.6 is 23.6 Å². The zero-order chi connectivity index (χ0) is 24.0. The minimum absolute atomic E-state index is 0.0249. The first-order valence-electron chi connectivity index (χ1n) is 10.0. The molecule has 3 N–H and O–H groups in total. The highest BCUT2D eigenvalue weighted by Crippen LogP contribution is 2.29. The smallest absolute Gasteiger partial charge is 0.311 e. The molecule has 3 rings (SSSR count). The van der Waals surface area contributed by atoms with Gasteiger partial charge in [0.15, 0.2) is 16.0 Å². The van der Waals surface area contributed by atoms with E-state index in [1.807, 2.05) is 6.92 Å². The van der Waals surface area contributed by atoms with Crippen molar-refractivity contribution in [3.05, 3.63) is 52.1 Å². The number of amides is 2. The Bertz CT molecular complexity index is 1230. The minimum Gasteiger partial charge on any atom is -0.487 e. The van der Waals surface area contributed by atoms with E-state index in [0.717, 1.165) is 17.2 Å². The molecule has 0 fully saturated rings. The van der Waals surface area contributed by atoms with Crippen molar-refractivity contribution in [1.29, 1.82) is 0 Å². The van der Waals surface area contributed by atoms with Gasteiger partial charge in [-0.15, -0.1) is 0 Å². The van der Waals surface area contributed by atoms with Gasteiger partial charge in [0.2, 0.25) is 5.91 Å². The fourth-order valence-electron chi connectivity index (χ4n) is 2.88. The maximum atomic E-state index is 12.5. The van der Waals surface area contributed by atoms with E-state index in [9.17, 15) is 19.7 Å². The summed E-state index contributed by atoms with van der Waals surface area (Å²) in [6.45, 7) is 3.90. The number of nitrogens with zero attached hydrogens (tertiary/aromatic N) is 2. The van der Waals surface area contributed by atoms with E-state index in [1.54, 1.807) is 25.1 Å². The van der Waals surface area contributed by atoms with Gasteiger partial charge < -0.3 is 15.4 Å². The van der Waals surface area contributed by atoms with E-state index >= 15 is 0 Å². The number of hydrogen-bond acceptors (Lipinski definition) is 8. The number of anilines is 2. The van der Waals surface area contributed by atoms with Gasteiger partial charge in [-0.3, -0.25) is 25.0 Å². The standard InChI is InChI=1S/C21H21N5O5S2/c1-3-5-18(27)24-21-23-14-8-7-13(11-17(14)33-21)22-20(32)25-19(28)12-6-9-16(31-4-2)15(10-12)26(29)30/h6-11H,3-5H2,1-2H3,(H,23,24,27)(H2,22,25,28,32). The van der Waals surface area contributed by atoms with Crippen LogP contribution in [0.4, 0.5) is 16.5 Å². The number of benzene rings is 2. The Morgan fingerprint density at radius 3 is 2.67 bits per heavy atom. The fourth-order valence-corrected chi connectivity index (χ4v) is 4.01. The monoisotopic (exact) mass is 487 g/mol. The largest absolute Gasteiger partial charge is 0.487 e. The highest BCUT2D eigenvalue weighted by Gasteiger charge is 2.19. The molecule has 172 valence electrons. The number of hydrogen-bond donors (Lipinski definition) is 3. The molecular weight excluding hydrogens is 466 g/mol. The van der Waals surface area contributed by atoms with Gasteiger partial charge in [-0.1, -0.05) is 18.3 Å². The number of aromatic nitrogens is 1. The summed E-state index contributed by atoms with van der Waals surface area (Å²) in [5.41, 5.74) is 1.09. The molecule has 1 heterocycles. The summed E-state index contributed by atoms with van der Waals surface area (Å²) in [4.78, 5) is 39.3. The van der Waals surface area contributed by atoms with Crippen LogP contribution in [0, 0.1) is 10.1 Å². The second kappa shape index (κ2) is 10.8. The second-order valence-electron chi connectivity index (χ2n) is 6.78. The summed E-state index contributed by atoms with van der Waals surface area (Å²) in [7, 11) is 0. The van der Waals surface area contributed by atoms with Crippen molar-refractivity contribution in [3.8, 4) is 5.75 Å². The Morgan fingerprint density at radius 2 is 1.97 bits per heavy atom. The Kier molecular flexibility index (Phi) is 7.85. The van der Waals surface area contributed by atoms with Crippen LogP contribution < -0.4 is 20.7 Å². The predicted molar refractivity (Wildman–Crippen MR) is 131 cm³/mol. The van der Waals surface area contributed by atoms with Crippen LogP contribution in [0.25, 0.3) is 10.2 Å². The van der Waals surface area contributed by atoms with Crippen LogP contribution in [-0.2, 0) is 4.79 Å². The molecule has 0 saturated carbocycles. The van der Waals surface area contributed by atoms with E-state index in [0.29, 0.717) is 22.8 Å². The quantitative estimate of drug-likeness (QED) is 0.241. The first kappa shape index (κ1) is 24.0. The molecule has 0 aliphatic heterocycles. The number of nitro benzene ring substituents is 1. The molecule has 1 aromatic heterocycles. The summed E-state index contributed by atoms with van der Waals surface area (Å²) in [5.74, 6) is -0.602. The number of thiazole rings is 1. The molecule has 2 amide bonds. The highest BCUT2D eigenvalue weighted by molar-refractivity contribution is 7.80. The molecule has 0 radical (unpaired) electrons. The van der Waals surface area contributed by atoms with Gasteiger partial charge >= 0.3 is 5.69 Å². The normalized spacial score (nSPS) is 10.5. The average molecular weight is 488 g/mol. The molecule has 2 aromatic carbocycles. The molecular formula is C21H21N5O5S2. The Balaban J connectivity index is 1.67. The van der Waals surface area contributed by atoms with E-state index in [2.05, 4.69) is 20.9 Å². The predicted octanol–water partition coefficient (Wildman–Crippen LogP) is 4.47. The zero-order valence-corrected chi connectivity index (χ0v) is 19.5. The summed E-state index contributed by atoms with van der Waals surface area (Å²) >= 11 is 6.53. The molecule has 0 aliphatic rings. The van der Waals surface area contributed by atoms with Gasteiger partial charge in [-0.25, -0.2) is 4.98 Å². The van der Waals surface area contributed by atoms with Gasteiger partial charge in [0, 0.05) is 23.7 Å². The third-order valence-corrected chi connectivity index (χ3v) is 5.45. The lowest BCUT2D eigenvalue weighted by Crippen LogP contribution is -2.34. The van der Waals surface area contributed by atoms with Crippen LogP contribution in [0.15, 0.2) is 36.4 Å². The van der Waals surface area contributed by atoms with Crippen LogP contribution in [0.3, 0.4) is 0 Å². The Labute approximate surface area is 198 Å². The summed E-state index contributed by atoms with van der Waals surface area (Å²) < 4.78 is 6.05. The Hall–Kier alpha value is -3.64. The van der Waals surface area contributed by atoms with Crippen molar-refractivity contribution < 1.29 is 19.2 Å². The van der Waals surface area contributed by atoms with Gasteiger partial charge in [-0.2, -0.15) is 0 Å². The van der Waals surface area contributed by atoms with Crippen molar-refractivity contribution in [2.45, 2.75) is 26.7 Å².